The molecule has 0 saturated heterocycles. The molecule has 0 aliphatic heterocycles. The zero-order valence-electron chi connectivity index (χ0n) is 5.94. The summed E-state index contributed by atoms with van der Waals surface area (Å²) in [5.74, 6) is 0.759. The van der Waals surface area contributed by atoms with Gasteiger partial charge in [0.1, 0.15) is 0 Å². The van der Waals surface area contributed by atoms with Crippen LogP contribution in [0.1, 0.15) is 12.8 Å². The molecule has 0 N–H and O–H groups in total. The predicted molar refractivity (Wildman–Crippen MR) is 46.5 cm³/mol. The molecule has 0 unspecified atom stereocenters. The van der Waals surface area contributed by atoms with Crippen molar-refractivity contribution in [2.75, 3.05) is 3.93 Å². The number of nitrogens with zero attached hydrogens (tertiary/aromatic N) is 3. The van der Waals surface area contributed by atoms with Gasteiger partial charge in [-0.05, 0) is 18.9 Å². The minimum atomic E-state index is 0.609. The zero-order chi connectivity index (χ0) is 7.68. The molecule has 0 amide bonds. The summed E-state index contributed by atoms with van der Waals surface area (Å²) in [4.78, 5) is 8.22. The average Bonchev–Trinajstić information content (AvgIpc) is 2.87. The second-order valence-corrected chi connectivity index (χ2v) is 3.36. The summed E-state index contributed by atoms with van der Waals surface area (Å²) >= 11 is 3.42. The van der Waals surface area contributed by atoms with Crippen LogP contribution >= 0.6 is 16.1 Å². The molecule has 1 aliphatic carbocycles. The summed E-state index contributed by atoms with van der Waals surface area (Å²) in [5, 5.41) is 0. The van der Waals surface area contributed by atoms with Crippen LogP contribution in [0, 0.1) is 0 Å². The van der Waals surface area contributed by atoms with Crippen LogP contribution in [0.3, 0.4) is 0 Å². The van der Waals surface area contributed by atoms with Crippen molar-refractivity contribution in [3.05, 3.63) is 18.5 Å². The summed E-state index contributed by atoms with van der Waals surface area (Å²) < 4.78 is 1.95. The zero-order valence-corrected chi connectivity index (χ0v) is 7.53. The molecule has 3 nitrogen and oxygen atoms in total. The lowest BCUT2D eigenvalue weighted by Gasteiger charge is -2.11. The highest BCUT2D eigenvalue weighted by Gasteiger charge is 2.29. The number of rotatable bonds is 2. The van der Waals surface area contributed by atoms with Crippen molar-refractivity contribution in [2.45, 2.75) is 18.9 Å². The van der Waals surface area contributed by atoms with Gasteiger partial charge in [0, 0.05) is 18.4 Å². The smallest absolute Gasteiger partial charge is 0.235 e. The highest BCUT2D eigenvalue weighted by Crippen LogP contribution is 2.31. The summed E-state index contributed by atoms with van der Waals surface area (Å²) in [6, 6.07) is 2.43. The molecule has 0 bridgehead atoms. The first-order valence-corrected chi connectivity index (χ1v) is 4.31. The molecule has 1 saturated carbocycles. The van der Waals surface area contributed by atoms with E-state index < -0.39 is 0 Å². The summed E-state index contributed by atoms with van der Waals surface area (Å²) in [6.07, 6.45) is 5.98. The largest absolute Gasteiger partial charge is 0.274 e. The van der Waals surface area contributed by atoms with E-state index in [1.165, 1.54) is 12.8 Å². The molecule has 1 aliphatic rings. The maximum atomic E-state index is 4.11. The monoisotopic (exact) mass is 213 g/mol. The Morgan fingerprint density at radius 1 is 1.36 bits per heavy atom. The highest BCUT2D eigenvalue weighted by molar-refractivity contribution is 9.10. The van der Waals surface area contributed by atoms with E-state index in [0.717, 1.165) is 5.95 Å². The van der Waals surface area contributed by atoms with E-state index >= 15 is 0 Å². The van der Waals surface area contributed by atoms with Crippen LogP contribution in [-0.2, 0) is 0 Å². The Morgan fingerprint density at radius 2 is 2.00 bits per heavy atom. The fraction of sp³-hybridized carbons (Fsp3) is 0.429. The van der Waals surface area contributed by atoms with Gasteiger partial charge in [0.25, 0.3) is 0 Å². The summed E-state index contributed by atoms with van der Waals surface area (Å²) in [5.41, 5.74) is 0. The normalized spacial score (nSPS) is 16.5. The molecule has 2 rings (SSSR count). The lowest BCUT2D eigenvalue weighted by molar-refractivity contribution is 0.985. The maximum absolute atomic E-state index is 4.11. The summed E-state index contributed by atoms with van der Waals surface area (Å²) in [6.45, 7) is 0. The Kier molecular flexibility index (Phi) is 1.77. The molecule has 1 aromatic rings. The van der Waals surface area contributed by atoms with Crippen molar-refractivity contribution in [1.82, 2.24) is 9.97 Å². The first kappa shape index (κ1) is 7.03. The van der Waals surface area contributed by atoms with Crippen LogP contribution in [0.25, 0.3) is 0 Å². The Balaban J connectivity index is 2.15. The quantitative estimate of drug-likeness (QED) is 0.702. The lowest BCUT2D eigenvalue weighted by Crippen LogP contribution is -2.14. The van der Waals surface area contributed by atoms with Gasteiger partial charge in [-0.3, -0.25) is 3.93 Å². The second kappa shape index (κ2) is 2.77. The molecular formula is C7H8BrN3. The summed E-state index contributed by atoms with van der Waals surface area (Å²) in [7, 11) is 0. The number of hydrogen-bond acceptors (Lipinski definition) is 3. The highest BCUT2D eigenvalue weighted by atomic mass is 79.9. The fourth-order valence-electron chi connectivity index (χ4n) is 0.866. The van der Waals surface area contributed by atoms with Crippen molar-refractivity contribution in [1.29, 1.82) is 0 Å². The minimum Gasteiger partial charge on any atom is -0.274 e. The van der Waals surface area contributed by atoms with E-state index in [1.807, 2.05) is 9.99 Å². The van der Waals surface area contributed by atoms with Crippen molar-refractivity contribution >= 4 is 22.1 Å². The maximum Gasteiger partial charge on any atom is 0.235 e. The van der Waals surface area contributed by atoms with Gasteiger partial charge in [0.15, 0.2) is 0 Å². The molecule has 58 valence electrons. The van der Waals surface area contributed by atoms with Gasteiger partial charge in [-0.2, -0.15) is 0 Å². The molecule has 4 heteroatoms. The van der Waals surface area contributed by atoms with Gasteiger partial charge in [0.2, 0.25) is 5.95 Å². The Bertz CT molecular complexity index is 235. The van der Waals surface area contributed by atoms with Crippen LogP contribution < -0.4 is 3.93 Å². The Morgan fingerprint density at radius 3 is 2.55 bits per heavy atom. The van der Waals surface area contributed by atoms with E-state index in [1.54, 1.807) is 12.4 Å². The van der Waals surface area contributed by atoms with Crippen molar-refractivity contribution in [3.63, 3.8) is 0 Å². The molecule has 1 heterocycles. The third-order valence-corrected chi connectivity index (χ3v) is 2.51. The minimum absolute atomic E-state index is 0.609. The van der Waals surface area contributed by atoms with Crippen LogP contribution in [0.2, 0.25) is 0 Å². The molecule has 0 atom stereocenters. The van der Waals surface area contributed by atoms with E-state index in [2.05, 4.69) is 26.1 Å². The number of hydrogen-bond donors (Lipinski definition) is 0. The number of halogens is 1. The van der Waals surface area contributed by atoms with Crippen molar-refractivity contribution in [3.8, 4) is 0 Å². The van der Waals surface area contributed by atoms with Gasteiger partial charge in [-0.15, -0.1) is 0 Å². The SMILES string of the molecule is BrN(c1ncccn1)C1CC1. The molecule has 11 heavy (non-hydrogen) atoms. The lowest BCUT2D eigenvalue weighted by atomic mass is 10.6. The fourth-order valence-corrected chi connectivity index (χ4v) is 1.46. The van der Waals surface area contributed by atoms with Crippen LogP contribution in [0.4, 0.5) is 5.95 Å². The molecule has 0 spiro atoms. The van der Waals surface area contributed by atoms with Crippen molar-refractivity contribution in [2.24, 2.45) is 0 Å². The topological polar surface area (TPSA) is 29.0 Å². The van der Waals surface area contributed by atoms with Crippen molar-refractivity contribution < 1.29 is 0 Å². The molecule has 1 fully saturated rings. The first-order chi connectivity index (χ1) is 5.38. The predicted octanol–water partition coefficient (Wildman–Crippen LogP) is 1.76. The average molecular weight is 214 g/mol. The number of aromatic nitrogens is 2. The Hall–Kier alpha value is -0.640. The first-order valence-electron chi connectivity index (χ1n) is 3.60. The molecule has 0 radical (unpaired) electrons. The standard InChI is InChI=1S/C7H8BrN3/c8-11(6-2-3-6)7-9-4-1-5-10-7/h1,4-6H,2-3H2. The van der Waals surface area contributed by atoms with Gasteiger partial charge < -0.3 is 0 Å². The van der Waals surface area contributed by atoms with E-state index in [4.69, 9.17) is 0 Å². The van der Waals surface area contributed by atoms with Gasteiger partial charge in [-0.25, -0.2) is 9.97 Å². The number of anilines is 1. The molecular weight excluding hydrogens is 206 g/mol. The third-order valence-electron chi connectivity index (χ3n) is 1.61. The molecule has 1 aromatic heterocycles. The van der Waals surface area contributed by atoms with Gasteiger partial charge in [-0.1, -0.05) is 0 Å². The van der Waals surface area contributed by atoms with Gasteiger partial charge in [0.05, 0.1) is 16.1 Å². The van der Waals surface area contributed by atoms with Crippen LogP contribution in [0.5, 0.6) is 0 Å². The molecule has 0 aromatic carbocycles. The third kappa shape index (κ3) is 1.50. The van der Waals surface area contributed by atoms with Crippen LogP contribution in [0.15, 0.2) is 18.5 Å². The second-order valence-electron chi connectivity index (χ2n) is 2.59. The van der Waals surface area contributed by atoms with E-state index in [-0.39, 0.29) is 0 Å². The van der Waals surface area contributed by atoms with E-state index in [9.17, 15) is 0 Å². The Labute approximate surface area is 73.8 Å². The van der Waals surface area contributed by atoms with Gasteiger partial charge >= 0.3 is 0 Å². The van der Waals surface area contributed by atoms with Crippen LogP contribution in [-0.4, -0.2) is 16.0 Å². The van der Waals surface area contributed by atoms with E-state index in [0.29, 0.717) is 6.04 Å².